The van der Waals surface area contributed by atoms with Crippen molar-refractivity contribution in [2.75, 3.05) is 13.1 Å². The number of piperidine rings is 1. The van der Waals surface area contributed by atoms with Gasteiger partial charge in [0.2, 0.25) is 0 Å². The first-order chi connectivity index (χ1) is 12.9. The second kappa shape index (κ2) is 8.25. The van der Waals surface area contributed by atoms with Gasteiger partial charge >= 0.3 is 5.97 Å². The molecule has 0 bridgehead atoms. The Hall–Kier alpha value is -2.82. The quantitative estimate of drug-likeness (QED) is 0.833. The number of ether oxygens (including phenoxy) is 1. The molecule has 1 N–H and O–H groups in total. The molecule has 2 aromatic rings. The van der Waals surface area contributed by atoms with Crippen molar-refractivity contribution < 1.29 is 19.4 Å². The molecule has 1 heterocycles. The number of carbonyl (C=O) groups excluding carboxylic acids is 2. The highest BCUT2D eigenvalue weighted by molar-refractivity contribution is 5.92. The number of benzene rings is 2. The predicted molar refractivity (Wildman–Crippen MR) is 103 cm³/mol. The highest BCUT2D eigenvalue weighted by Gasteiger charge is 2.27. The van der Waals surface area contributed by atoms with Crippen LogP contribution in [0, 0.1) is 5.92 Å². The molecule has 0 radical (unpaired) electrons. The third-order valence-corrected chi connectivity index (χ3v) is 5.05. The maximum atomic E-state index is 12.5. The van der Waals surface area contributed by atoms with Crippen LogP contribution in [0.15, 0.2) is 48.5 Å². The zero-order chi connectivity index (χ0) is 19.4. The molecule has 142 valence electrons. The summed E-state index contributed by atoms with van der Waals surface area (Å²) in [5.74, 6) is 0.217. The maximum absolute atomic E-state index is 12.5. The number of carbonyl (C=O) groups is 2. The summed E-state index contributed by atoms with van der Waals surface area (Å²) in [4.78, 5) is 26.6. The van der Waals surface area contributed by atoms with Crippen molar-refractivity contribution in [3.8, 4) is 16.9 Å². The number of aromatic hydroxyl groups is 1. The van der Waals surface area contributed by atoms with E-state index < -0.39 is 12.1 Å². The Morgan fingerprint density at radius 1 is 1.00 bits per heavy atom. The SMILES string of the molecule is CC1CCN(C(=O)C(C)OC(=O)c2ccc(-c3ccc(O)cc3)cc2)CC1. The number of likely N-dealkylation sites (tertiary alicyclic amines) is 1. The molecule has 1 atom stereocenters. The Bertz CT molecular complexity index is 790. The molecule has 0 saturated carbocycles. The van der Waals surface area contributed by atoms with Gasteiger partial charge in [-0.1, -0.05) is 31.2 Å². The van der Waals surface area contributed by atoms with Crippen LogP contribution in [0.25, 0.3) is 11.1 Å². The van der Waals surface area contributed by atoms with Gasteiger partial charge in [0.15, 0.2) is 6.10 Å². The van der Waals surface area contributed by atoms with Gasteiger partial charge < -0.3 is 14.7 Å². The van der Waals surface area contributed by atoms with Gasteiger partial charge in [-0.2, -0.15) is 0 Å². The predicted octanol–water partition coefficient (Wildman–Crippen LogP) is 3.86. The van der Waals surface area contributed by atoms with E-state index in [1.54, 1.807) is 36.1 Å². The molecule has 1 amide bonds. The number of hydrogen-bond acceptors (Lipinski definition) is 4. The Labute approximate surface area is 159 Å². The number of hydrogen-bond donors (Lipinski definition) is 1. The first-order valence-corrected chi connectivity index (χ1v) is 9.33. The lowest BCUT2D eigenvalue weighted by Crippen LogP contribution is -2.44. The van der Waals surface area contributed by atoms with E-state index in [0.717, 1.165) is 37.1 Å². The van der Waals surface area contributed by atoms with Crippen LogP contribution in [0.3, 0.4) is 0 Å². The van der Waals surface area contributed by atoms with Crippen LogP contribution < -0.4 is 0 Å². The number of esters is 1. The van der Waals surface area contributed by atoms with Gasteiger partial charge in [-0.05, 0) is 61.1 Å². The first-order valence-electron chi connectivity index (χ1n) is 9.33. The van der Waals surface area contributed by atoms with E-state index in [9.17, 15) is 14.7 Å². The zero-order valence-electron chi connectivity index (χ0n) is 15.7. The number of phenols is 1. The fourth-order valence-electron chi connectivity index (χ4n) is 3.22. The monoisotopic (exact) mass is 367 g/mol. The Balaban J connectivity index is 1.60. The molecule has 1 fully saturated rings. The highest BCUT2D eigenvalue weighted by atomic mass is 16.5. The van der Waals surface area contributed by atoms with E-state index in [2.05, 4.69) is 6.92 Å². The van der Waals surface area contributed by atoms with E-state index in [4.69, 9.17) is 4.74 Å². The van der Waals surface area contributed by atoms with E-state index in [0.29, 0.717) is 11.5 Å². The van der Waals surface area contributed by atoms with Crippen LogP contribution in [0.1, 0.15) is 37.0 Å². The highest BCUT2D eigenvalue weighted by Crippen LogP contribution is 2.23. The van der Waals surface area contributed by atoms with Gasteiger partial charge in [-0.15, -0.1) is 0 Å². The van der Waals surface area contributed by atoms with Crippen molar-refractivity contribution in [3.05, 3.63) is 54.1 Å². The fourth-order valence-corrected chi connectivity index (χ4v) is 3.22. The molecular formula is C22H25NO4. The summed E-state index contributed by atoms with van der Waals surface area (Å²) in [5, 5.41) is 9.36. The van der Waals surface area contributed by atoms with E-state index in [1.807, 2.05) is 24.3 Å². The second-order valence-corrected chi connectivity index (χ2v) is 7.18. The molecule has 5 heteroatoms. The summed E-state index contributed by atoms with van der Waals surface area (Å²) in [6.45, 7) is 5.27. The third-order valence-electron chi connectivity index (χ3n) is 5.05. The van der Waals surface area contributed by atoms with Crippen molar-refractivity contribution in [2.45, 2.75) is 32.8 Å². The summed E-state index contributed by atoms with van der Waals surface area (Å²) in [6.07, 6.45) is 1.19. The largest absolute Gasteiger partial charge is 0.508 e. The van der Waals surface area contributed by atoms with Crippen molar-refractivity contribution in [3.63, 3.8) is 0 Å². The van der Waals surface area contributed by atoms with Gasteiger partial charge in [-0.3, -0.25) is 4.79 Å². The van der Waals surface area contributed by atoms with Crippen molar-refractivity contribution in [1.82, 2.24) is 4.90 Å². The number of rotatable bonds is 4. The lowest BCUT2D eigenvalue weighted by atomic mass is 9.99. The third kappa shape index (κ3) is 4.67. The summed E-state index contributed by atoms with van der Waals surface area (Å²) in [6, 6.07) is 13.9. The molecule has 1 aliphatic rings. The number of phenolic OH excluding ortho intramolecular Hbond substituents is 1. The van der Waals surface area contributed by atoms with Crippen LogP contribution in [-0.4, -0.2) is 41.1 Å². The molecule has 0 aromatic heterocycles. The maximum Gasteiger partial charge on any atom is 0.338 e. The fraction of sp³-hybridized carbons (Fsp3) is 0.364. The molecular weight excluding hydrogens is 342 g/mol. The van der Waals surface area contributed by atoms with Crippen molar-refractivity contribution >= 4 is 11.9 Å². The van der Waals surface area contributed by atoms with Gasteiger partial charge in [0.25, 0.3) is 5.91 Å². The zero-order valence-corrected chi connectivity index (χ0v) is 15.7. The lowest BCUT2D eigenvalue weighted by Gasteiger charge is -2.31. The minimum absolute atomic E-state index is 0.129. The molecule has 1 saturated heterocycles. The van der Waals surface area contributed by atoms with Crippen molar-refractivity contribution in [2.24, 2.45) is 5.92 Å². The van der Waals surface area contributed by atoms with Crippen LogP contribution in [0.5, 0.6) is 5.75 Å². The molecule has 0 spiro atoms. The normalized spacial score (nSPS) is 16.0. The lowest BCUT2D eigenvalue weighted by molar-refractivity contribution is -0.141. The second-order valence-electron chi connectivity index (χ2n) is 7.18. The molecule has 1 unspecified atom stereocenters. The molecule has 27 heavy (non-hydrogen) atoms. The molecule has 0 aliphatic carbocycles. The average Bonchev–Trinajstić information content (AvgIpc) is 2.68. The molecule has 5 nitrogen and oxygen atoms in total. The Kier molecular flexibility index (Phi) is 5.79. The topological polar surface area (TPSA) is 66.8 Å². The smallest absolute Gasteiger partial charge is 0.338 e. The molecule has 1 aliphatic heterocycles. The van der Waals surface area contributed by atoms with Gasteiger partial charge in [0.1, 0.15) is 5.75 Å². The first kappa shape index (κ1) is 19.0. The van der Waals surface area contributed by atoms with E-state index >= 15 is 0 Å². The minimum Gasteiger partial charge on any atom is -0.508 e. The van der Waals surface area contributed by atoms with Crippen LogP contribution in [0.2, 0.25) is 0 Å². The van der Waals surface area contributed by atoms with Crippen LogP contribution in [0.4, 0.5) is 0 Å². The number of nitrogens with zero attached hydrogens (tertiary/aromatic N) is 1. The summed E-state index contributed by atoms with van der Waals surface area (Å²) < 4.78 is 5.38. The summed E-state index contributed by atoms with van der Waals surface area (Å²) in [5.41, 5.74) is 2.28. The van der Waals surface area contributed by atoms with Crippen molar-refractivity contribution in [1.29, 1.82) is 0 Å². The number of amides is 1. The van der Waals surface area contributed by atoms with E-state index in [1.165, 1.54) is 0 Å². The van der Waals surface area contributed by atoms with Crippen LogP contribution >= 0.6 is 0 Å². The molecule has 2 aromatic carbocycles. The van der Waals surface area contributed by atoms with Gasteiger partial charge in [-0.25, -0.2) is 4.79 Å². The molecule has 3 rings (SSSR count). The summed E-state index contributed by atoms with van der Waals surface area (Å²) in [7, 11) is 0. The Morgan fingerprint density at radius 2 is 1.52 bits per heavy atom. The van der Waals surface area contributed by atoms with Gasteiger partial charge in [0, 0.05) is 13.1 Å². The van der Waals surface area contributed by atoms with Gasteiger partial charge in [0.05, 0.1) is 5.56 Å². The van der Waals surface area contributed by atoms with Crippen LogP contribution in [-0.2, 0) is 9.53 Å². The summed E-state index contributed by atoms with van der Waals surface area (Å²) >= 11 is 0. The van der Waals surface area contributed by atoms with E-state index in [-0.39, 0.29) is 11.7 Å². The average molecular weight is 367 g/mol. The Morgan fingerprint density at radius 3 is 2.07 bits per heavy atom. The standard InChI is InChI=1S/C22H25NO4/c1-15-11-13-23(14-12-15)21(25)16(2)27-22(26)19-5-3-17(4-6-19)18-7-9-20(24)10-8-18/h3-10,15-16,24H,11-14H2,1-2H3. The minimum atomic E-state index is -0.789.